The molecule has 56 valence electrons. The molecule has 5 nitrogen and oxygen atoms in total. The average Bonchev–Trinajstić information content (AvgIpc) is 2.46. The van der Waals surface area contributed by atoms with Gasteiger partial charge in [0.15, 0.2) is 5.82 Å². The van der Waals surface area contributed by atoms with E-state index in [0.717, 1.165) is 6.54 Å². The third kappa shape index (κ3) is 0.923. The lowest BCUT2D eigenvalue weighted by atomic mass is 10.5. The van der Waals surface area contributed by atoms with Crippen molar-refractivity contribution in [3.8, 4) is 12.1 Å². The van der Waals surface area contributed by atoms with Crippen molar-refractivity contribution in [1.29, 1.82) is 5.26 Å². The van der Waals surface area contributed by atoms with E-state index >= 15 is 0 Å². The van der Waals surface area contributed by atoms with Crippen LogP contribution in [-0.4, -0.2) is 21.4 Å². The summed E-state index contributed by atoms with van der Waals surface area (Å²) < 4.78 is 6.78. The molecule has 0 saturated carbocycles. The van der Waals surface area contributed by atoms with E-state index in [1.165, 1.54) is 0 Å². The van der Waals surface area contributed by atoms with Gasteiger partial charge in [-0.05, 0) is 0 Å². The zero-order valence-corrected chi connectivity index (χ0v) is 5.82. The summed E-state index contributed by atoms with van der Waals surface area (Å²) in [7, 11) is 0. The summed E-state index contributed by atoms with van der Waals surface area (Å²) in [6.45, 7) is 1.38. The zero-order valence-electron chi connectivity index (χ0n) is 5.82. The molecule has 0 aromatic carbocycles. The van der Waals surface area contributed by atoms with Crippen molar-refractivity contribution in [2.24, 2.45) is 0 Å². The Kier molecular flexibility index (Phi) is 1.25. The SMILES string of the molecule is N#CCc1nc2n(n1)CCO2. The summed E-state index contributed by atoms with van der Waals surface area (Å²) in [6, 6.07) is 2.52. The minimum absolute atomic E-state index is 0.253. The van der Waals surface area contributed by atoms with Crippen LogP contribution in [0.5, 0.6) is 6.01 Å². The Hall–Kier alpha value is -1.57. The molecule has 1 aliphatic heterocycles. The fourth-order valence-electron chi connectivity index (χ4n) is 0.994. The van der Waals surface area contributed by atoms with E-state index in [4.69, 9.17) is 10.00 Å². The summed E-state index contributed by atoms with van der Waals surface area (Å²) in [4.78, 5) is 3.99. The molecule has 0 radical (unpaired) electrons. The van der Waals surface area contributed by atoms with Gasteiger partial charge in [-0.25, -0.2) is 4.68 Å². The van der Waals surface area contributed by atoms with Gasteiger partial charge in [0.05, 0.1) is 19.0 Å². The first-order valence-corrected chi connectivity index (χ1v) is 3.33. The molecule has 2 rings (SSSR count). The summed E-state index contributed by atoms with van der Waals surface area (Å²) in [5.41, 5.74) is 0. The van der Waals surface area contributed by atoms with Crippen LogP contribution in [0, 0.1) is 11.3 Å². The van der Waals surface area contributed by atoms with Crippen LogP contribution in [0.3, 0.4) is 0 Å². The van der Waals surface area contributed by atoms with Crippen molar-refractivity contribution < 1.29 is 4.74 Å². The predicted molar refractivity (Wildman–Crippen MR) is 34.8 cm³/mol. The summed E-state index contributed by atoms with van der Waals surface area (Å²) in [6.07, 6.45) is 0.253. The van der Waals surface area contributed by atoms with Crippen LogP contribution in [0.25, 0.3) is 0 Å². The summed E-state index contributed by atoms with van der Waals surface area (Å²) in [5, 5.41) is 12.4. The molecular weight excluding hydrogens is 144 g/mol. The van der Waals surface area contributed by atoms with Crippen LogP contribution in [0.15, 0.2) is 0 Å². The van der Waals surface area contributed by atoms with Gasteiger partial charge < -0.3 is 4.74 Å². The summed E-state index contributed by atoms with van der Waals surface area (Å²) >= 11 is 0. The van der Waals surface area contributed by atoms with Gasteiger partial charge in [0.2, 0.25) is 0 Å². The molecule has 0 atom stereocenters. The minimum Gasteiger partial charge on any atom is -0.462 e. The third-order valence-corrected chi connectivity index (χ3v) is 1.45. The van der Waals surface area contributed by atoms with Gasteiger partial charge in [-0.1, -0.05) is 0 Å². The van der Waals surface area contributed by atoms with E-state index in [9.17, 15) is 0 Å². The molecule has 0 bridgehead atoms. The topological polar surface area (TPSA) is 63.7 Å². The molecule has 0 unspecified atom stereocenters. The van der Waals surface area contributed by atoms with Crippen molar-refractivity contribution >= 4 is 0 Å². The Balaban J connectivity index is 2.29. The Morgan fingerprint density at radius 3 is 3.36 bits per heavy atom. The van der Waals surface area contributed by atoms with Gasteiger partial charge in [0.25, 0.3) is 0 Å². The Bertz CT molecular complexity index is 289. The van der Waals surface area contributed by atoms with Crippen molar-refractivity contribution in [1.82, 2.24) is 14.8 Å². The van der Waals surface area contributed by atoms with Crippen LogP contribution in [0.1, 0.15) is 5.82 Å². The van der Waals surface area contributed by atoms with Crippen molar-refractivity contribution in [3.63, 3.8) is 0 Å². The highest BCUT2D eigenvalue weighted by Gasteiger charge is 2.15. The number of hydrogen-bond donors (Lipinski definition) is 0. The molecule has 0 fully saturated rings. The number of nitriles is 1. The van der Waals surface area contributed by atoms with E-state index in [0.29, 0.717) is 18.4 Å². The number of hydrogen-bond acceptors (Lipinski definition) is 4. The standard InChI is InChI=1S/C6H6N4O/c7-2-1-5-8-6-10(9-5)3-4-11-6/h1,3-4H2. The highest BCUT2D eigenvalue weighted by molar-refractivity contribution is 5.04. The lowest BCUT2D eigenvalue weighted by molar-refractivity contribution is 0.344. The molecule has 0 saturated heterocycles. The monoisotopic (exact) mass is 150 g/mol. The Labute approximate surface area is 63.2 Å². The van der Waals surface area contributed by atoms with E-state index in [1.54, 1.807) is 4.68 Å². The van der Waals surface area contributed by atoms with Crippen LogP contribution in [-0.2, 0) is 13.0 Å². The number of fused-ring (bicyclic) bond motifs is 1. The van der Waals surface area contributed by atoms with E-state index < -0.39 is 0 Å². The maximum Gasteiger partial charge on any atom is 0.315 e. The predicted octanol–water partition coefficient (Wildman–Crippen LogP) is -0.263. The van der Waals surface area contributed by atoms with Crippen molar-refractivity contribution in [2.45, 2.75) is 13.0 Å². The smallest absolute Gasteiger partial charge is 0.315 e. The first-order valence-electron chi connectivity index (χ1n) is 3.33. The molecule has 0 N–H and O–H groups in total. The second kappa shape index (κ2) is 2.23. The van der Waals surface area contributed by atoms with Crippen LogP contribution in [0.4, 0.5) is 0 Å². The molecule has 0 aliphatic carbocycles. The van der Waals surface area contributed by atoms with Crippen LogP contribution >= 0.6 is 0 Å². The minimum atomic E-state index is 0.253. The zero-order chi connectivity index (χ0) is 7.68. The number of ether oxygens (including phenoxy) is 1. The van der Waals surface area contributed by atoms with Crippen molar-refractivity contribution in [3.05, 3.63) is 5.82 Å². The van der Waals surface area contributed by atoms with E-state index in [-0.39, 0.29) is 6.42 Å². The number of nitrogens with zero attached hydrogens (tertiary/aromatic N) is 4. The van der Waals surface area contributed by atoms with E-state index in [2.05, 4.69) is 10.1 Å². The second-order valence-corrected chi connectivity index (χ2v) is 2.22. The molecular formula is C6H6N4O. The highest BCUT2D eigenvalue weighted by Crippen LogP contribution is 2.13. The highest BCUT2D eigenvalue weighted by atomic mass is 16.5. The molecule has 0 amide bonds. The van der Waals surface area contributed by atoms with Gasteiger partial charge in [0.1, 0.15) is 6.61 Å². The second-order valence-electron chi connectivity index (χ2n) is 2.22. The molecule has 1 aliphatic rings. The lowest BCUT2D eigenvalue weighted by Gasteiger charge is -1.85. The molecule has 11 heavy (non-hydrogen) atoms. The fraction of sp³-hybridized carbons (Fsp3) is 0.500. The Morgan fingerprint density at radius 1 is 1.73 bits per heavy atom. The summed E-state index contributed by atoms with van der Waals surface area (Å²) in [5.74, 6) is 0.544. The molecule has 2 heterocycles. The number of aromatic nitrogens is 3. The molecule has 5 heteroatoms. The fourth-order valence-corrected chi connectivity index (χ4v) is 0.994. The maximum absolute atomic E-state index is 8.33. The van der Waals surface area contributed by atoms with Gasteiger partial charge in [-0.3, -0.25) is 0 Å². The largest absolute Gasteiger partial charge is 0.462 e. The quantitative estimate of drug-likeness (QED) is 0.553. The number of rotatable bonds is 1. The molecule has 1 aromatic rings. The Morgan fingerprint density at radius 2 is 2.64 bits per heavy atom. The first-order chi connectivity index (χ1) is 5.40. The molecule has 1 aromatic heterocycles. The molecule has 0 spiro atoms. The first kappa shape index (κ1) is 6.16. The van der Waals surface area contributed by atoms with Gasteiger partial charge in [-0.15, -0.1) is 0 Å². The van der Waals surface area contributed by atoms with Crippen LogP contribution < -0.4 is 4.74 Å². The normalized spacial score (nSPS) is 13.7. The van der Waals surface area contributed by atoms with Gasteiger partial charge in [-0.2, -0.15) is 15.3 Å². The van der Waals surface area contributed by atoms with Crippen LogP contribution in [0.2, 0.25) is 0 Å². The maximum atomic E-state index is 8.33. The third-order valence-electron chi connectivity index (χ3n) is 1.45. The van der Waals surface area contributed by atoms with Gasteiger partial charge >= 0.3 is 6.01 Å². The average molecular weight is 150 g/mol. The lowest BCUT2D eigenvalue weighted by Crippen LogP contribution is -1.97. The van der Waals surface area contributed by atoms with Crippen molar-refractivity contribution in [2.75, 3.05) is 6.61 Å². The van der Waals surface area contributed by atoms with E-state index in [1.807, 2.05) is 6.07 Å². The van der Waals surface area contributed by atoms with Gasteiger partial charge in [0, 0.05) is 0 Å².